The first kappa shape index (κ1) is 17.4. The van der Waals surface area contributed by atoms with E-state index in [-0.39, 0.29) is 17.9 Å². The fraction of sp³-hybridized carbons (Fsp3) is 0.150. The van der Waals surface area contributed by atoms with Crippen LogP contribution in [0.15, 0.2) is 66.2 Å². The zero-order valence-corrected chi connectivity index (χ0v) is 14.1. The number of rotatable bonds is 4. The van der Waals surface area contributed by atoms with E-state index in [1.54, 1.807) is 60.7 Å². The van der Waals surface area contributed by atoms with Gasteiger partial charge in [0.15, 0.2) is 0 Å². The van der Waals surface area contributed by atoms with Crippen LogP contribution in [-0.4, -0.2) is 41.3 Å². The molecule has 3 rings (SSSR count). The molecular formula is C20H17NO5. The molecule has 0 aliphatic carbocycles. The van der Waals surface area contributed by atoms with Gasteiger partial charge < -0.3 is 14.7 Å². The van der Waals surface area contributed by atoms with Crippen LogP contribution >= 0.6 is 0 Å². The van der Waals surface area contributed by atoms with Crippen molar-refractivity contribution < 1.29 is 24.2 Å². The number of methoxy groups -OCH3 is 1. The van der Waals surface area contributed by atoms with Gasteiger partial charge in [-0.3, -0.25) is 14.4 Å². The van der Waals surface area contributed by atoms with E-state index in [1.807, 2.05) is 0 Å². The molecule has 1 atom stereocenters. The van der Waals surface area contributed by atoms with Gasteiger partial charge in [-0.1, -0.05) is 60.7 Å². The molecule has 1 saturated heterocycles. The zero-order chi connectivity index (χ0) is 18.7. The molecule has 0 aromatic heterocycles. The molecule has 1 aliphatic heterocycles. The number of aliphatic hydroxyl groups is 1. The lowest BCUT2D eigenvalue weighted by Gasteiger charge is -2.24. The molecule has 0 bridgehead atoms. The smallest absolute Gasteiger partial charge is 0.325 e. The fourth-order valence-electron chi connectivity index (χ4n) is 2.98. The number of aliphatic hydroxyl groups excluding tert-OH is 1. The molecule has 0 saturated carbocycles. The van der Waals surface area contributed by atoms with E-state index in [9.17, 15) is 19.5 Å². The average molecular weight is 351 g/mol. The summed E-state index contributed by atoms with van der Waals surface area (Å²) in [5.74, 6) is -2.59. The van der Waals surface area contributed by atoms with Gasteiger partial charge in [0.25, 0.3) is 11.7 Å². The minimum Gasteiger partial charge on any atom is -0.507 e. The van der Waals surface area contributed by atoms with Crippen molar-refractivity contribution in [3.63, 3.8) is 0 Å². The number of carbonyl (C=O) groups is 3. The van der Waals surface area contributed by atoms with E-state index in [4.69, 9.17) is 0 Å². The third-order valence-electron chi connectivity index (χ3n) is 4.23. The second-order valence-electron chi connectivity index (χ2n) is 5.78. The van der Waals surface area contributed by atoms with Crippen molar-refractivity contribution in [1.29, 1.82) is 0 Å². The summed E-state index contributed by atoms with van der Waals surface area (Å²) in [6, 6.07) is 16.4. The maximum Gasteiger partial charge on any atom is 0.325 e. The molecule has 132 valence electrons. The molecule has 1 N–H and O–H groups in total. The van der Waals surface area contributed by atoms with Crippen LogP contribution in [0, 0.1) is 0 Å². The van der Waals surface area contributed by atoms with Crippen LogP contribution in [0.5, 0.6) is 0 Å². The summed E-state index contributed by atoms with van der Waals surface area (Å²) in [7, 11) is 1.21. The van der Waals surface area contributed by atoms with Crippen LogP contribution in [0.4, 0.5) is 0 Å². The second-order valence-corrected chi connectivity index (χ2v) is 5.78. The highest BCUT2D eigenvalue weighted by molar-refractivity contribution is 6.46. The lowest BCUT2D eigenvalue weighted by Crippen LogP contribution is -2.35. The van der Waals surface area contributed by atoms with E-state index in [0.29, 0.717) is 11.1 Å². The third kappa shape index (κ3) is 3.09. The summed E-state index contributed by atoms with van der Waals surface area (Å²) >= 11 is 0. The van der Waals surface area contributed by atoms with Gasteiger partial charge in [-0.25, -0.2) is 0 Å². The number of hydrogen-bond donors (Lipinski definition) is 1. The van der Waals surface area contributed by atoms with E-state index in [0.717, 1.165) is 4.90 Å². The summed E-state index contributed by atoms with van der Waals surface area (Å²) in [4.78, 5) is 38.0. The Balaban J connectivity index is 2.16. The summed E-state index contributed by atoms with van der Waals surface area (Å²) in [5.41, 5.74) is 0.994. The minimum atomic E-state index is -0.865. The number of likely N-dealkylation sites (tertiary alicyclic amines) is 1. The standard InChI is InChI=1S/C20H17NO5/c1-26-15(22)12-21-17(13-8-4-2-5-9-13)16(19(24)20(21)25)18(23)14-10-6-3-7-11-14/h2-11,17,23H,12H2,1H3/t17-/m1/s1. The van der Waals surface area contributed by atoms with Gasteiger partial charge in [0, 0.05) is 5.56 Å². The summed E-state index contributed by atoms with van der Waals surface area (Å²) < 4.78 is 4.64. The second kappa shape index (κ2) is 7.23. The first-order valence-corrected chi connectivity index (χ1v) is 8.00. The maximum atomic E-state index is 12.6. The number of hydrogen-bond acceptors (Lipinski definition) is 5. The number of Topliss-reactive ketones (excluding diaryl/α,β-unsaturated/α-hetero) is 1. The monoisotopic (exact) mass is 351 g/mol. The highest BCUT2D eigenvalue weighted by Crippen LogP contribution is 2.39. The predicted octanol–water partition coefficient (Wildman–Crippen LogP) is 2.28. The van der Waals surface area contributed by atoms with Crippen molar-refractivity contribution in [3.05, 3.63) is 77.4 Å². The Morgan fingerprint density at radius 3 is 2.19 bits per heavy atom. The Bertz CT molecular complexity index is 874. The van der Waals surface area contributed by atoms with Gasteiger partial charge in [0.1, 0.15) is 12.3 Å². The molecule has 0 spiro atoms. The molecule has 0 radical (unpaired) electrons. The summed E-state index contributed by atoms with van der Waals surface area (Å²) in [6.45, 7) is -0.383. The van der Waals surface area contributed by atoms with E-state index in [2.05, 4.69) is 4.74 Å². The highest BCUT2D eigenvalue weighted by Gasteiger charge is 2.46. The van der Waals surface area contributed by atoms with Gasteiger partial charge in [0.05, 0.1) is 18.7 Å². The van der Waals surface area contributed by atoms with E-state index < -0.39 is 23.7 Å². The quantitative estimate of drug-likeness (QED) is 0.395. The Morgan fingerprint density at radius 1 is 1.04 bits per heavy atom. The van der Waals surface area contributed by atoms with Crippen LogP contribution in [0.3, 0.4) is 0 Å². The summed E-state index contributed by atoms with van der Waals surface area (Å²) in [5, 5.41) is 10.7. The van der Waals surface area contributed by atoms with Crippen molar-refractivity contribution in [2.24, 2.45) is 0 Å². The van der Waals surface area contributed by atoms with Crippen molar-refractivity contribution in [2.45, 2.75) is 6.04 Å². The van der Waals surface area contributed by atoms with Gasteiger partial charge in [0.2, 0.25) is 0 Å². The molecular weight excluding hydrogens is 334 g/mol. The Hall–Kier alpha value is -3.41. The molecule has 0 unspecified atom stereocenters. The van der Waals surface area contributed by atoms with Crippen LogP contribution in [0.1, 0.15) is 17.2 Å². The fourth-order valence-corrected chi connectivity index (χ4v) is 2.98. The molecule has 2 aromatic carbocycles. The van der Waals surface area contributed by atoms with E-state index in [1.165, 1.54) is 7.11 Å². The van der Waals surface area contributed by atoms with Gasteiger partial charge >= 0.3 is 5.97 Å². The van der Waals surface area contributed by atoms with Crippen LogP contribution in [-0.2, 0) is 19.1 Å². The number of benzene rings is 2. The first-order valence-electron chi connectivity index (χ1n) is 8.00. The Morgan fingerprint density at radius 2 is 1.62 bits per heavy atom. The topological polar surface area (TPSA) is 83.9 Å². The van der Waals surface area contributed by atoms with Crippen molar-refractivity contribution in [2.75, 3.05) is 13.7 Å². The van der Waals surface area contributed by atoms with Crippen molar-refractivity contribution in [1.82, 2.24) is 4.90 Å². The molecule has 26 heavy (non-hydrogen) atoms. The van der Waals surface area contributed by atoms with Crippen LogP contribution in [0.25, 0.3) is 5.76 Å². The SMILES string of the molecule is COC(=O)CN1C(=O)C(=O)C(=C(O)c2ccccc2)[C@H]1c1ccccc1. The normalized spacial score (nSPS) is 18.8. The molecule has 6 nitrogen and oxygen atoms in total. The van der Waals surface area contributed by atoms with Crippen molar-refractivity contribution in [3.8, 4) is 0 Å². The van der Waals surface area contributed by atoms with Crippen LogP contribution < -0.4 is 0 Å². The largest absolute Gasteiger partial charge is 0.507 e. The van der Waals surface area contributed by atoms with Crippen molar-refractivity contribution >= 4 is 23.4 Å². The number of amides is 1. The predicted molar refractivity (Wildman–Crippen MR) is 93.9 cm³/mol. The lowest BCUT2D eigenvalue weighted by molar-refractivity contribution is -0.148. The minimum absolute atomic E-state index is 0.0451. The van der Waals surface area contributed by atoms with E-state index >= 15 is 0 Å². The Labute approximate surface area is 150 Å². The number of ketones is 1. The molecule has 1 aliphatic rings. The number of ether oxygens (including phenoxy) is 1. The highest BCUT2D eigenvalue weighted by atomic mass is 16.5. The summed E-state index contributed by atoms with van der Waals surface area (Å²) in [6.07, 6.45) is 0. The molecule has 1 heterocycles. The number of carbonyl (C=O) groups excluding carboxylic acids is 3. The molecule has 1 amide bonds. The Kier molecular flexibility index (Phi) is 4.84. The average Bonchev–Trinajstić information content (AvgIpc) is 2.93. The lowest BCUT2D eigenvalue weighted by atomic mass is 9.95. The van der Waals surface area contributed by atoms with Gasteiger partial charge in [-0.05, 0) is 5.56 Å². The van der Waals surface area contributed by atoms with Gasteiger partial charge in [-0.15, -0.1) is 0 Å². The first-order chi connectivity index (χ1) is 12.5. The maximum absolute atomic E-state index is 12.6. The molecule has 2 aromatic rings. The van der Waals surface area contributed by atoms with Crippen LogP contribution in [0.2, 0.25) is 0 Å². The number of nitrogens with zero attached hydrogens (tertiary/aromatic N) is 1. The third-order valence-corrected chi connectivity index (χ3v) is 4.23. The number of esters is 1. The molecule has 6 heteroatoms. The molecule has 1 fully saturated rings. The zero-order valence-electron chi connectivity index (χ0n) is 14.1. The van der Waals surface area contributed by atoms with Gasteiger partial charge in [-0.2, -0.15) is 0 Å².